The molecule has 2 heterocycles. The molecule has 0 saturated heterocycles. The minimum Gasteiger partial charge on any atom is -0.265 e. The van der Waals surface area contributed by atoms with Crippen molar-refractivity contribution in [3.8, 4) is 0 Å². The molecular formula is C20H21Cl2N2Ru-. The molecule has 3 aromatic rings. The van der Waals surface area contributed by atoms with Crippen molar-refractivity contribution in [1.29, 1.82) is 0 Å². The first-order valence-electron chi connectivity index (χ1n) is 7.04. The van der Waals surface area contributed by atoms with Gasteiger partial charge in [-0.3, -0.25) is 9.97 Å². The van der Waals surface area contributed by atoms with Crippen LogP contribution >= 0.6 is 19.4 Å². The molecule has 2 nitrogen and oxygen atoms in total. The van der Waals surface area contributed by atoms with Gasteiger partial charge in [-0.1, -0.05) is 12.1 Å². The molecular weight excluding hydrogens is 440 g/mol. The maximum atomic E-state index is 5.65. The minimum atomic E-state index is -1.62. The van der Waals surface area contributed by atoms with Crippen molar-refractivity contribution in [2.45, 2.75) is 0 Å². The summed E-state index contributed by atoms with van der Waals surface area (Å²) in [5.74, 6) is 0. The molecule has 0 unspecified atom stereocenters. The molecule has 0 aliphatic heterocycles. The number of nitrogens with zero attached hydrogens (tertiary/aromatic N) is 2. The minimum absolute atomic E-state index is 0. The van der Waals surface area contributed by atoms with Crippen LogP contribution in [0.2, 0.25) is 0 Å². The van der Waals surface area contributed by atoms with Gasteiger partial charge < -0.3 is 7.43 Å². The molecule has 3 rings (SSSR count). The van der Waals surface area contributed by atoms with Crippen LogP contribution in [0.15, 0.2) is 97.6 Å². The van der Waals surface area contributed by atoms with E-state index in [1.807, 2.05) is 83.5 Å². The van der Waals surface area contributed by atoms with Gasteiger partial charge in [0.05, 0.1) is 0 Å². The maximum absolute atomic E-state index is 5.65. The van der Waals surface area contributed by atoms with E-state index < -0.39 is 13.5 Å². The van der Waals surface area contributed by atoms with Gasteiger partial charge in [-0.25, -0.2) is 0 Å². The van der Waals surface area contributed by atoms with Crippen molar-refractivity contribution in [3.05, 3.63) is 111 Å². The fourth-order valence-electron chi connectivity index (χ4n) is 1.39. The van der Waals surface area contributed by atoms with E-state index in [1.54, 1.807) is 24.8 Å². The smallest absolute Gasteiger partial charge is 0.0267 e. The van der Waals surface area contributed by atoms with E-state index in [9.17, 15) is 0 Å². The molecule has 0 radical (unpaired) electrons. The van der Waals surface area contributed by atoms with Gasteiger partial charge in [0.1, 0.15) is 0 Å². The van der Waals surface area contributed by atoms with Gasteiger partial charge in [0, 0.05) is 24.8 Å². The Bertz CT molecular complexity index is 602. The Kier molecular flexibility index (Phi) is 16.0. The molecule has 0 aliphatic carbocycles. The fourth-order valence-corrected chi connectivity index (χ4v) is 2.41. The second-order valence-electron chi connectivity index (χ2n) is 4.14. The topological polar surface area (TPSA) is 25.8 Å². The Morgan fingerprint density at radius 3 is 1.44 bits per heavy atom. The molecule has 1 aromatic carbocycles. The molecule has 0 atom stereocenters. The molecule has 0 fully saturated rings. The predicted octanol–water partition coefficient (Wildman–Crippen LogP) is 6.04. The van der Waals surface area contributed by atoms with Crippen molar-refractivity contribution >= 4 is 30.1 Å². The van der Waals surface area contributed by atoms with Crippen LogP contribution in [-0.4, -0.2) is 14.6 Å². The third-order valence-corrected chi connectivity index (χ3v) is 4.20. The summed E-state index contributed by atoms with van der Waals surface area (Å²) in [6.07, 6.45) is 10.9. The van der Waals surface area contributed by atoms with E-state index in [4.69, 9.17) is 19.4 Å². The van der Waals surface area contributed by atoms with Crippen LogP contribution in [0.5, 0.6) is 0 Å². The van der Waals surface area contributed by atoms with Crippen LogP contribution < -0.4 is 0 Å². The SMILES string of the molecule is [CH3-].[Cl][Ru]([Cl])=[CH]/C=C/c1ccccc1.c1ccncc1.c1ccncc1. The number of aromatic nitrogens is 2. The molecule has 2 aromatic heterocycles. The van der Waals surface area contributed by atoms with Crippen molar-refractivity contribution in [3.63, 3.8) is 0 Å². The summed E-state index contributed by atoms with van der Waals surface area (Å²) in [5.41, 5.74) is 1.16. The van der Waals surface area contributed by atoms with Crippen LogP contribution in [0.3, 0.4) is 0 Å². The first kappa shape index (κ1) is 23.3. The summed E-state index contributed by atoms with van der Waals surface area (Å²) in [5, 5.41) is 0. The quantitative estimate of drug-likeness (QED) is 0.344. The average Bonchev–Trinajstić information content (AvgIpc) is 2.66. The number of allylic oxidation sites excluding steroid dienone is 1. The Hall–Kier alpha value is -1.67. The Morgan fingerprint density at radius 2 is 1.12 bits per heavy atom. The van der Waals surface area contributed by atoms with Gasteiger partial charge >= 0.3 is 85.6 Å². The third kappa shape index (κ3) is 15.6. The normalized spacial score (nSPS) is 9.44. The molecule has 0 bridgehead atoms. The van der Waals surface area contributed by atoms with E-state index in [0.717, 1.165) is 5.56 Å². The van der Waals surface area contributed by atoms with Crippen molar-refractivity contribution in [1.82, 2.24) is 9.97 Å². The Morgan fingerprint density at radius 1 is 0.680 bits per heavy atom. The number of hydrogen-bond donors (Lipinski definition) is 0. The molecule has 0 N–H and O–H groups in total. The summed E-state index contributed by atoms with van der Waals surface area (Å²) in [6, 6.07) is 21.5. The zero-order valence-electron chi connectivity index (χ0n) is 13.9. The Labute approximate surface area is 163 Å². The number of rotatable bonds is 2. The van der Waals surface area contributed by atoms with E-state index in [-0.39, 0.29) is 7.43 Å². The van der Waals surface area contributed by atoms with Crippen LogP contribution in [0.25, 0.3) is 6.08 Å². The molecule has 134 valence electrons. The summed E-state index contributed by atoms with van der Waals surface area (Å²) >= 11 is -1.62. The van der Waals surface area contributed by atoms with Crippen LogP contribution in [0.1, 0.15) is 5.56 Å². The number of halogens is 2. The maximum Gasteiger partial charge on any atom is 0.0267 e. The monoisotopic (exact) mass is 461 g/mol. The van der Waals surface area contributed by atoms with Crippen LogP contribution in [0, 0.1) is 7.43 Å². The molecule has 25 heavy (non-hydrogen) atoms. The standard InChI is InChI=1S/C9H8.2C5H5N.CH3.2ClH.Ru/c1-2-6-9-7-4-3-5-8-9;2*1-2-4-6-5-3-1;;;;/h1-8H;2*1-5H;1H3;2*1H;/q;;;-1;;;+2/p-2/b6-2+;;;;;;. The van der Waals surface area contributed by atoms with Crippen LogP contribution in [0.4, 0.5) is 0 Å². The summed E-state index contributed by atoms with van der Waals surface area (Å²) in [7, 11) is 11.3. The van der Waals surface area contributed by atoms with Crippen molar-refractivity contribution in [2.75, 3.05) is 0 Å². The average molecular weight is 461 g/mol. The van der Waals surface area contributed by atoms with Crippen molar-refractivity contribution in [2.24, 2.45) is 0 Å². The summed E-state index contributed by atoms with van der Waals surface area (Å²) in [6.45, 7) is 0. The summed E-state index contributed by atoms with van der Waals surface area (Å²) < 4.78 is 1.86. The second-order valence-corrected chi connectivity index (χ2v) is 9.94. The largest absolute Gasteiger partial charge is 0.265 e. The van der Waals surface area contributed by atoms with E-state index >= 15 is 0 Å². The Balaban J connectivity index is 0.000000373. The molecule has 0 aliphatic rings. The van der Waals surface area contributed by atoms with Gasteiger partial charge in [-0.15, -0.1) is 0 Å². The van der Waals surface area contributed by atoms with Gasteiger partial charge in [0.25, 0.3) is 0 Å². The van der Waals surface area contributed by atoms with Gasteiger partial charge in [0.2, 0.25) is 0 Å². The van der Waals surface area contributed by atoms with E-state index in [2.05, 4.69) is 9.97 Å². The third-order valence-electron chi connectivity index (χ3n) is 2.38. The molecule has 5 heteroatoms. The zero-order chi connectivity index (χ0) is 17.3. The second kappa shape index (κ2) is 17.2. The first-order chi connectivity index (χ1) is 11.8. The molecule has 0 spiro atoms. The van der Waals surface area contributed by atoms with Crippen molar-refractivity contribution < 1.29 is 13.5 Å². The number of pyridine rings is 2. The van der Waals surface area contributed by atoms with Gasteiger partial charge in [0.15, 0.2) is 0 Å². The predicted molar refractivity (Wildman–Crippen MR) is 108 cm³/mol. The molecule has 0 saturated carbocycles. The van der Waals surface area contributed by atoms with E-state index in [0.29, 0.717) is 0 Å². The number of benzene rings is 1. The summed E-state index contributed by atoms with van der Waals surface area (Å²) in [4.78, 5) is 7.57. The molecule has 0 amide bonds. The fraction of sp³-hybridized carbons (Fsp3) is 0. The van der Waals surface area contributed by atoms with Crippen LogP contribution in [-0.2, 0) is 13.5 Å². The first-order valence-corrected chi connectivity index (χ1v) is 12.5. The zero-order valence-corrected chi connectivity index (χ0v) is 17.1. The van der Waals surface area contributed by atoms with Gasteiger partial charge in [-0.05, 0) is 24.3 Å². The van der Waals surface area contributed by atoms with Gasteiger partial charge in [-0.2, -0.15) is 0 Å². The number of hydrogen-bond acceptors (Lipinski definition) is 2. The van der Waals surface area contributed by atoms with E-state index in [1.165, 1.54) is 0 Å².